The van der Waals surface area contributed by atoms with Gasteiger partial charge in [0, 0.05) is 6.54 Å². The quantitative estimate of drug-likeness (QED) is 0.769. The minimum atomic E-state index is -0.322. The summed E-state index contributed by atoms with van der Waals surface area (Å²) in [5, 5.41) is 5.64. The first kappa shape index (κ1) is 17.5. The van der Waals surface area contributed by atoms with Gasteiger partial charge in [-0.3, -0.25) is 4.79 Å². The van der Waals surface area contributed by atoms with Crippen molar-refractivity contribution in [2.45, 2.75) is 19.4 Å². The summed E-state index contributed by atoms with van der Waals surface area (Å²) in [7, 11) is 0. The molecule has 0 heterocycles. The van der Waals surface area contributed by atoms with Crippen LogP contribution in [0.1, 0.15) is 30.5 Å². The fraction of sp³-hybridized carbons (Fsp3) is 0.263. The number of amides is 2. The summed E-state index contributed by atoms with van der Waals surface area (Å²) < 4.78 is 4.83. The Hall–Kier alpha value is -2.82. The lowest BCUT2D eigenvalue weighted by Crippen LogP contribution is -2.39. The Labute approximate surface area is 142 Å². The molecular formula is C19H22N2O3. The van der Waals surface area contributed by atoms with Crippen LogP contribution in [0.3, 0.4) is 0 Å². The van der Waals surface area contributed by atoms with Crippen molar-refractivity contribution in [1.29, 1.82) is 0 Å². The van der Waals surface area contributed by atoms with Gasteiger partial charge < -0.3 is 15.4 Å². The molecule has 2 aromatic rings. The molecule has 2 rings (SSSR count). The van der Waals surface area contributed by atoms with Crippen LogP contribution in [0.4, 0.5) is 4.79 Å². The van der Waals surface area contributed by atoms with Gasteiger partial charge in [0.1, 0.15) is 0 Å². The number of carbonyl (C=O) groups excluding carboxylic acids is 2. The molecule has 0 unspecified atom stereocenters. The van der Waals surface area contributed by atoms with Crippen molar-refractivity contribution in [3.05, 3.63) is 71.8 Å². The Kier molecular flexibility index (Phi) is 6.83. The molecule has 126 valence electrons. The van der Waals surface area contributed by atoms with Crippen LogP contribution in [0, 0.1) is 0 Å². The summed E-state index contributed by atoms with van der Waals surface area (Å²) in [5.41, 5.74) is 1.98. The Morgan fingerprint density at radius 3 is 2.00 bits per heavy atom. The first-order valence-corrected chi connectivity index (χ1v) is 8.00. The minimum Gasteiger partial charge on any atom is -0.466 e. The van der Waals surface area contributed by atoms with Gasteiger partial charge in [0.05, 0.1) is 19.1 Å². The van der Waals surface area contributed by atoms with Crippen LogP contribution < -0.4 is 10.6 Å². The maximum atomic E-state index is 12.2. The van der Waals surface area contributed by atoms with Gasteiger partial charge in [-0.1, -0.05) is 60.7 Å². The first-order chi connectivity index (χ1) is 11.7. The summed E-state index contributed by atoms with van der Waals surface area (Å²) >= 11 is 0. The summed E-state index contributed by atoms with van der Waals surface area (Å²) in [4.78, 5) is 23.5. The molecule has 24 heavy (non-hydrogen) atoms. The van der Waals surface area contributed by atoms with Crippen molar-refractivity contribution in [2.24, 2.45) is 0 Å². The highest BCUT2D eigenvalue weighted by Crippen LogP contribution is 2.21. The van der Waals surface area contributed by atoms with Crippen LogP contribution in [-0.4, -0.2) is 25.2 Å². The van der Waals surface area contributed by atoms with Crippen LogP contribution in [0.2, 0.25) is 0 Å². The molecule has 0 radical (unpaired) electrons. The second kappa shape index (κ2) is 9.35. The summed E-state index contributed by atoms with van der Waals surface area (Å²) in [6.45, 7) is 2.33. The molecule has 0 bridgehead atoms. The third kappa shape index (κ3) is 5.43. The average Bonchev–Trinajstić information content (AvgIpc) is 2.61. The van der Waals surface area contributed by atoms with Gasteiger partial charge in [-0.05, 0) is 18.1 Å². The molecule has 2 amide bonds. The standard InChI is InChI=1S/C19H22N2O3/c1-2-24-17(22)13-14-20-19(23)21-18(15-9-5-3-6-10-15)16-11-7-4-8-12-16/h3-12,18H,2,13-14H2,1H3,(H2,20,21,23). The number of urea groups is 1. The minimum absolute atomic E-state index is 0.155. The van der Waals surface area contributed by atoms with E-state index in [2.05, 4.69) is 10.6 Å². The number of esters is 1. The molecule has 5 heteroatoms. The predicted molar refractivity (Wildman–Crippen MR) is 92.5 cm³/mol. The highest BCUT2D eigenvalue weighted by atomic mass is 16.5. The summed E-state index contributed by atoms with van der Waals surface area (Å²) in [6, 6.07) is 18.9. The average molecular weight is 326 g/mol. The van der Waals surface area contributed by atoms with Gasteiger partial charge in [0.15, 0.2) is 0 Å². The van der Waals surface area contributed by atoms with Crippen LogP contribution >= 0.6 is 0 Å². The molecule has 0 aromatic heterocycles. The zero-order valence-electron chi connectivity index (χ0n) is 13.7. The van der Waals surface area contributed by atoms with Crippen molar-refractivity contribution in [1.82, 2.24) is 10.6 Å². The van der Waals surface area contributed by atoms with Gasteiger partial charge in [0.25, 0.3) is 0 Å². The van der Waals surface area contributed by atoms with Gasteiger partial charge >= 0.3 is 12.0 Å². The number of carbonyl (C=O) groups is 2. The molecule has 5 nitrogen and oxygen atoms in total. The van der Waals surface area contributed by atoms with Gasteiger partial charge in [-0.2, -0.15) is 0 Å². The lowest BCUT2D eigenvalue weighted by Gasteiger charge is -2.20. The van der Waals surface area contributed by atoms with E-state index in [1.807, 2.05) is 60.7 Å². The van der Waals surface area contributed by atoms with Gasteiger partial charge in [-0.15, -0.1) is 0 Å². The second-order valence-electron chi connectivity index (χ2n) is 5.21. The van der Waals surface area contributed by atoms with E-state index in [-0.39, 0.29) is 31.0 Å². The van der Waals surface area contributed by atoms with E-state index in [0.29, 0.717) is 6.61 Å². The zero-order chi connectivity index (χ0) is 17.2. The molecule has 0 fully saturated rings. The molecule has 0 aliphatic carbocycles. The molecule has 0 saturated carbocycles. The van der Waals surface area contributed by atoms with Crippen molar-refractivity contribution >= 4 is 12.0 Å². The van der Waals surface area contributed by atoms with Crippen molar-refractivity contribution in [3.63, 3.8) is 0 Å². The Bertz CT molecular complexity index is 605. The molecule has 0 saturated heterocycles. The number of rotatable bonds is 7. The monoisotopic (exact) mass is 326 g/mol. The molecule has 0 spiro atoms. The summed E-state index contributed by atoms with van der Waals surface area (Å²) in [6.07, 6.45) is 0.155. The number of benzene rings is 2. The van der Waals surface area contributed by atoms with E-state index >= 15 is 0 Å². The van der Waals surface area contributed by atoms with Crippen molar-refractivity contribution < 1.29 is 14.3 Å². The highest BCUT2D eigenvalue weighted by Gasteiger charge is 2.16. The van der Waals surface area contributed by atoms with E-state index in [1.54, 1.807) is 6.92 Å². The molecule has 0 aliphatic heterocycles. The van der Waals surface area contributed by atoms with Crippen molar-refractivity contribution in [3.8, 4) is 0 Å². The smallest absolute Gasteiger partial charge is 0.315 e. The van der Waals surface area contributed by atoms with E-state index in [4.69, 9.17) is 4.74 Å². The van der Waals surface area contributed by atoms with E-state index < -0.39 is 0 Å². The van der Waals surface area contributed by atoms with E-state index in [1.165, 1.54) is 0 Å². The van der Waals surface area contributed by atoms with Crippen LogP contribution in [0.15, 0.2) is 60.7 Å². The highest BCUT2D eigenvalue weighted by molar-refractivity contribution is 5.76. The Balaban J connectivity index is 1.99. The number of ether oxygens (including phenoxy) is 1. The maximum absolute atomic E-state index is 12.2. The van der Waals surface area contributed by atoms with Gasteiger partial charge in [-0.25, -0.2) is 4.79 Å². The van der Waals surface area contributed by atoms with Crippen LogP contribution in [0.25, 0.3) is 0 Å². The Morgan fingerprint density at radius 2 is 1.50 bits per heavy atom. The number of hydrogen-bond donors (Lipinski definition) is 2. The molecule has 2 N–H and O–H groups in total. The first-order valence-electron chi connectivity index (χ1n) is 8.00. The molecule has 2 aromatic carbocycles. The molecular weight excluding hydrogens is 304 g/mol. The predicted octanol–water partition coefficient (Wildman–Crippen LogP) is 3.03. The van der Waals surface area contributed by atoms with Crippen molar-refractivity contribution in [2.75, 3.05) is 13.2 Å². The Morgan fingerprint density at radius 1 is 0.958 bits per heavy atom. The SMILES string of the molecule is CCOC(=O)CCNC(=O)NC(c1ccccc1)c1ccccc1. The zero-order valence-corrected chi connectivity index (χ0v) is 13.7. The lowest BCUT2D eigenvalue weighted by atomic mass is 9.99. The molecule has 0 aliphatic rings. The largest absolute Gasteiger partial charge is 0.466 e. The maximum Gasteiger partial charge on any atom is 0.315 e. The third-order valence-electron chi connectivity index (χ3n) is 3.46. The lowest BCUT2D eigenvalue weighted by molar-refractivity contribution is -0.142. The summed E-state index contributed by atoms with van der Waals surface area (Å²) in [5.74, 6) is -0.319. The molecule has 0 atom stereocenters. The van der Waals surface area contributed by atoms with E-state index in [0.717, 1.165) is 11.1 Å². The third-order valence-corrected chi connectivity index (χ3v) is 3.46. The second-order valence-corrected chi connectivity index (χ2v) is 5.21. The van der Waals surface area contributed by atoms with Crippen LogP contribution in [0.5, 0.6) is 0 Å². The fourth-order valence-electron chi connectivity index (χ4n) is 2.34. The number of hydrogen-bond acceptors (Lipinski definition) is 3. The number of nitrogens with one attached hydrogen (secondary N) is 2. The van der Waals surface area contributed by atoms with E-state index in [9.17, 15) is 9.59 Å². The fourth-order valence-corrected chi connectivity index (χ4v) is 2.34. The topological polar surface area (TPSA) is 67.4 Å². The van der Waals surface area contributed by atoms with Gasteiger partial charge in [0.2, 0.25) is 0 Å². The van der Waals surface area contributed by atoms with Crippen LogP contribution in [-0.2, 0) is 9.53 Å². The normalized spacial score (nSPS) is 10.2.